The van der Waals surface area contributed by atoms with Gasteiger partial charge >= 0.3 is 5.97 Å². The van der Waals surface area contributed by atoms with Crippen LogP contribution in [-0.4, -0.2) is 37.8 Å². The number of hydrogen-bond donors (Lipinski definition) is 4. The number of carbonyl (C=O) groups is 3. The first-order chi connectivity index (χ1) is 16.6. The fourth-order valence-electron chi connectivity index (χ4n) is 3.40. The van der Waals surface area contributed by atoms with Crippen molar-refractivity contribution in [3.05, 3.63) is 88.2 Å². The van der Waals surface area contributed by atoms with E-state index in [1.165, 1.54) is 24.3 Å². The van der Waals surface area contributed by atoms with E-state index in [2.05, 4.69) is 20.6 Å². The summed E-state index contributed by atoms with van der Waals surface area (Å²) >= 11 is 0. The first-order valence-corrected chi connectivity index (χ1v) is 12.2. The van der Waals surface area contributed by atoms with Gasteiger partial charge in [0, 0.05) is 17.8 Å². The summed E-state index contributed by atoms with van der Waals surface area (Å²) in [5, 5.41) is 0. The average Bonchev–Trinajstić information content (AvgIpc) is 3.15. The van der Waals surface area contributed by atoms with E-state index in [1.54, 1.807) is 45.0 Å². The van der Waals surface area contributed by atoms with Gasteiger partial charge in [0.2, 0.25) is 10.0 Å². The second-order valence-corrected chi connectivity index (χ2v) is 9.36. The molecule has 0 aliphatic carbocycles. The molecule has 0 saturated heterocycles. The van der Waals surface area contributed by atoms with Gasteiger partial charge in [0.05, 0.1) is 17.1 Å². The first-order valence-electron chi connectivity index (χ1n) is 10.7. The number of rotatable bonds is 8. The van der Waals surface area contributed by atoms with Crippen LogP contribution in [0, 0.1) is 13.8 Å². The zero-order valence-corrected chi connectivity index (χ0v) is 20.3. The molecule has 3 aromatic rings. The number of carbonyl (C=O) groups excluding carboxylic acids is 3. The van der Waals surface area contributed by atoms with Crippen molar-refractivity contribution in [2.24, 2.45) is 0 Å². The molecule has 0 saturated carbocycles. The lowest BCUT2D eigenvalue weighted by molar-refractivity contribution is 0.0524. The summed E-state index contributed by atoms with van der Waals surface area (Å²) in [5.74, 6) is -1.95. The normalized spacial score (nSPS) is 11.1. The molecular formula is C24H26N4O6S. The van der Waals surface area contributed by atoms with Crippen LogP contribution < -0.4 is 15.6 Å². The van der Waals surface area contributed by atoms with E-state index in [0.29, 0.717) is 11.3 Å². The molecule has 1 heterocycles. The Morgan fingerprint density at radius 2 is 1.63 bits per heavy atom. The smallest absolute Gasteiger partial charge is 0.340 e. The summed E-state index contributed by atoms with van der Waals surface area (Å²) in [6.07, 6.45) is 0. The van der Waals surface area contributed by atoms with Crippen LogP contribution in [0.5, 0.6) is 0 Å². The van der Waals surface area contributed by atoms with Gasteiger partial charge in [-0.25, -0.2) is 17.9 Å². The van der Waals surface area contributed by atoms with Gasteiger partial charge in [0.25, 0.3) is 11.8 Å². The highest BCUT2D eigenvalue weighted by atomic mass is 32.2. The van der Waals surface area contributed by atoms with Gasteiger partial charge in [-0.2, -0.15) is 0 Å². The van der Waals surface area contributed by atoms with E-state index in [9.17, 15) is 22.8 Å². The van der Waals surface area contributed by atoms with Gasteiger partial charge in [-0.15, -0.1) is 0 Å². The second kappa shape index (κ2) is 11.0. The Balaban J connectivity index is 1.67. The number of hydrazine groups is 1. The third-order valence-electron chi connectivity index (χ3n) is 5.15. The van der Waals surface area contributed by atoms with Crippen LogP contribution in [0.3, 0.4) is 0 Å². The Labute approximate surface area is 203 Å². The molecule has 35 heavy (non-hydrogen) atoms. The topological polar surface area (TPSA) is 146 Å². The van der Waals surface area contributed by atoms with Crippen LogP contribution in [0.25, 0.3) is 0 Å². The molecule has 184 valence electrons. The van der Waals surface area contributed by atoms with Crippen LogP contribution in [0.15, 0.2) is 59.5 Å². The largest absolute Gasteiger partial charge is 0.462 e. The molecule has 3 rings (SSSR count). The van der Waals surface area contributed by atoms with Crippen molar-refractivity contribution >= 4 is 27.8 Å². The van der Waals surface area contributed by atoms with Crippen molar-refractivity contribution < 1.29 is 27.5 Å². The van der Waals surface area contributed by atoms with Crippen LogP contribution in [0.4, 0.5) is 0 Å². The minimum atomic E-state index is -3.88. The van der Waals surface area contributed by atoms with Gasteiger partial charge in [-0.3, -0.25) is 20.4 Å². The number of sulfonamides is 1. The van der Waals surface area contributed by atoms with E-state index in [4.69, 9.17) is 4.74 Å². The van der Waals surface area contributed by atoms with Crippen molar-refractivity contribution in [3.63, 3.8) is 0 Å². The Hall–Kier alpha value is -3.96. The minimum absolute atomic E-state index is 0.0273. The maximum absolute atomic E-state index is 12.7. The Morgan fingerprint density at radius 3 is 2.31 bits per heavy atom. The molecule has 0 aliphatic rings. The number of aryl methyl sites for hydroxylation is 1. The third kappa shape index (κ3) is 6.14. The monoisotopic (exact) mass is 498 g/mol. The lowest BCUT2D eigenvalue weighted by Gasteiger charge is -2.10. The van der Waals surface area contributed by atoms with Crippen LogP contribution in [-0.2, 0) is 21.3 Å². The Morgan fingerprint density at radius 1 is 0.943 bits per heavy atom. The molecule has 0 spiro atoms. The van der Waals surface area contributed by atoms with E-state index >= 15 is 0 Å². The molecule has 0 radical (unpaired) electrons. The van der Waals surface area contributed by atoms with Crippen molar-refractivity contribution in [1.29, 1.82) is 0 Å². The molecule has 0 atom stereocenters. The SMILES string of the molecule is CCOC(=O)c1c(C)[nH]c(C(=O)NNC(=O)c2cccc(S(=O)(=O)NCc3ccccc3)c2)c1C. The Kier molecular flexibility index (Phi) is 8.05. The molecule has 0 unspecified atom stereocenters. The van der Waals surface area contributed by atoms with E-state index in [0.717, 1.165) is 5.56 Å². The predicted molar refractivity (Wildman–Crippen MR) is 128 cm³/mol. The van der Waals surface area contributed by atoms with Crippen LogP contribution in [0.2, 0.25) is 0 Å². The lowest BCUT2D eigenvalue weighted by Crippen LogP contribution is -2.42. The van der Waals surface area contributed by atoms with E-state index in [1.807, 2.05) is 6.07 Å². The predicted octanol–water partition coefficient (Wildman–Crippen LogP) is 2.36. The molecule has 0 bridgehead atoms. The van der Waals surface area contributed by atoms with E-state index in [-0.39, 0.29) is 34.9 Å². The summed E-state index contributed by atoms with van der Waals surface area (Å²) in [7, 11) is -3.88. The quantitative estimate of drug-likeness (QED) is 0.277. The highest BCUT2D eigenvalue weighted by Crippen LogP contribution is 2.19. The van der Waals surface area contributed by atoms with Gasteiger partial charge in [-0.05, 0) is 50.1 Å². The summed E-state index contributed by atoms with van der Waals surface area (Å²) in [5.41, 5.74) is 6.52. The molecule has 0 aliphatic heterocycles. The van der Waals surface area contributed by atoms with Crippen LogP contribution >= 0.6 is 0 Å². The molecule has 1 aromatic heterocycles. The molecule has 0 fully saturated rings. The summed E-state index contributed by atoms with van der Waals surface area (Å²) < 4.78 is 32.8. The highest BCUT2D eigenvalue weighted by molar-refractivity contribution is 7.89. The molecule has 11 heteroatoms. The number of aromatic nitrogens is 1. The minimum Gasteiger partial charge on any atom is -0.462 e. The standard InChI is InChI=1S/C24H26N4O6S/c1-4-34-24(31)20-15(2)21(26-16(20)3)23(30)28-27-22(29)18-11-8-12-19(13-18)35(32,33)25-14-17-9-6-5-7-10-17/h5-13,25-26H,4,14H2,1-3H3,(H,27,29)(H,28,30). The number of benzene rings is 2. The zero-order chi connectivity index (χ0) is 25.6. The lowest BCUT2D eigenvalue weighted by atomic mass is 10.1. The summed E-state index contributed by atoms with van der Waals surface area (Å²) in [6, 6.07) is 14.4. The number of nitrogens with one attached hydrogen (secondary N) is 4. The third-order valence-corrected chi connectivity index (χ3v) is 6.55. The van der Waals surface area contributed by atoms with Gasteiger partial charge in [-0.1, -0.05) is 36.4 Å². The molecule has 2 amide bonds. The number of aromatic amines is 1. The number of H-pyrrole nitrogens is 1. The van der Waals surface area contributed by atoms with E-state index < -0.39 is 27.8 Å². The van der Waals surface area contributed by atoms with Gasteiger partial charge in [0.1, 0.15) is 5.69 Å². The van der Waals surface area contributed by atoms with Crippen LogP contribution in [0.1, 0.15) is 54.9 Å². The van der Waals surface area contributed by atoms with Gasteiger partial charge in [0.15, 0.2) is 0 Å². The number of ether oxygens (including phenoxy) is 1. The highest BCUT2D eigenvalue weighted by Gasteiger charge is 2.23. The molecule has 4 N–H and O–H groups in total. The fourth-order valence-corrected chi connectivity index (χ4v) is 4.46. The number of esters is 1. The maximum Gasteiger partial charge on any atom is 0.340 e. The van der Waals surface area contributed by atoms with Crippen molar-refractivity contribution in [1.82, 2.24) is 20.6 Å². The summed E-state index contributed by atoms with van der Waals surface area (Å²) in [4.78, 5) is 40.0. The molecule has 10 nitrogen and oxygen atoms in total. The van der Waals surface area contributed by atoms with Crippen molar-refractivity contribution in [2.45, 2.75) is 32.2 Å². The van der Waals surface area contributed by atoms with Gasteiger partial charge < -0.3 is 9.72 Å². The first kappa shape index (κ1) is 25.7. The number of amides is 2. The molecular weight excluding hydrogens is 472 g/mol. The van der Waals surface area contributed by atoms with Crippen molar-refractivity contribution in [3.8, 4) is 0 Å². The second-order valence-electron chi connectivity index (χ2n) is 7.59. The maximum atomic E-state index is 12.7. The molecule has 2 aromatic carbocycles. The summed E-state index contributed by atoms with van der Waals surface area (Å²) in [6.45, 7) is 5.18. The fraction of sp³-hybridized carbons (Fsp3) is 0.208. The van der Waals surface area contributed by atoms with Crippen molar-refractivity contribution in [2.75, 3.05) is 6.61 Å². The zero-order valence-electron chi connectivity index (χ0n) is 19.5. The average molecular weight is 499 g/mol. The Bertz CT molecular complexity index is 1350. The number of hydrogen-bond acceptors (Lipinski definition) is 6.